The van der Waals surface area contributed by atoms with E-state index in [9.17, 15) is 9.90 Å². The predicted octanol–water partition coefficient (Wildman–Crippen LogP) is 5.17. The largest absolute Gasteiger partial charge is 0.491 e. The van der Waals surface area contributed by atoms with Gasteiger partial charge in [-0.1, -0.05) is 50.8 Å². The van der Waals surface area contributed by atoms with Crippen LogP contribution in [0.15, 0.2) is 24.3 Å². The summed E-state index contributed by atoms with van der Waals surface area (Å²) in [7, 11) is 1.43. The minimum Gasteiger partial charge on any atom is -0.491 e. The molecule has 1 aromatic carbocycles. The lowest BCUT2D eigenvalue weighted by atomic mass is 10.1. The first-order valence-corrected chi connectivity index (χ1v) is 14.0. The quantitative estimate of drug-likeness (QED) is 0.186. The molecule has 3 atom stereocenters. The van der Waals surface area contributed by atoms with Gasteiger partial charge in [-0.3, -0.25) is 4.79 Å². The highest BCUT2D eigenvalue weighted by Crippen LogP contribution is 2.20. The van der Waals surface area contributed by atoms with Crippen LogP contribution in [-0.4, -0.2) is 63.0 Å². The zero-order valence-electron chi connectivity index (χ0n) is 22.6. The molecular weight excluding hydrogens is 458 g/mol. The van der Waals surface area contributed by atoms with Crippen LogP contribution in [-0.2, 0) is 25.4 Å². The van der Waals surface area contributed by atoms with Crippen molar-refractivity contribution in [1.29, 1.82) is 0 Å². The number of carbonyl (C=O) groups is 1. The van der Waals surface area contributed by atoms with Crippen LogP contribution in [0.3, 0.4) is 0 Å². The predicted molar refractivity (Wildman–Crippen MR) is 142 cm³/mol. The van der Waals surface area contributed by atoms with Gasteiger partial charge in [0.1, 0.15) is 12.4 Å². The Morgan fingerprint density at radius 3 is 2.72 bits per heavy atom. The fourth-order valence-corrected chi connectivity index (χ4v) is 4.37. The number of aryl methyl sites for hydroxylation is 1. The van der Waals surface area contributed by atoms with Gasteiger partial charge in [-0.15, -0.1) is 0 Å². The molecule has 7 heteroatoms. The SMILES string of the molecule is CCCCc1ccccc1OCC(O)CCNC(CCCCCCC(=O)OC)COC1CCCCO1. The highest BCUT2D eigenvalue weighted by molar-refractivity contribution is 5.68. The third-order valence-corrected chi connectivity index (χ3v) is 6.65. The molecule has 1 heterocycles. The van der Waals surface area contributed by atoms with Gasteiger partial charge in [-0.25, -0.2) is 0 Å². The number of para-hydroxylation sites is 1. The number of nitrogens with one attached hydrogen (secondary N) is 1. The molecule has 36 heavy (non-hydrogen) atoms. The maximum atomic E-state index is 11.3. The van der Waals surface area contributed by atoms with Crippen LogP contribution in [0, 0.1) is 0 Å². The number of carbonyl (C=O) groups excluding carboxylic acids is 1. The van der Waals surface area contributed by atoms with E-state index in [1.54, 1.807) is 0 Å². The zero-order valence-corrected chi connectivity index (χ0v) is 22.6. The van der Waals surface area contributed by atoms with E-state index < -0.39 is 6.10 Å². The van der Waals surface area contributed by atoms with Crippen LogP contribution < -0.4 is 10.1 Å². The minimum absolute atomic E-state index is 0.102. The molecule has 0 spiro atoms. The molecule has 1 saturated heterocycles. The van der Waals surface area contributed by atoms with E-state index in [0.29, 0.717) is 32.6 Å². The van der Waals surface area contributed by atoms with Crippen molar-refractivity contribution < 1.29 is 28.8 Å². The first-order valence-electron chi connectivity index (χ1n) is 14.0. The topological polar surface area (TPSA) is 86.3 Å². The fraction of sp³-hybridized carbons (Fsp3) is 0.759. The summed E-state index contributed by atoms with van der Waals surface area (Å²) in [5.74, 6) is 0.742. The molecule has 0 bridgehead atoms. The molecule has 2 rings (SSSR count). The maximum absolute atomic E-state index is 11.3. The average molecular weight is 508 g/mol. The normalized spacial score (nSPS) is 17.5. The Kier molecular flexibility index (Phi) is 16.5. The summed E-state index contributed by atoms with van der Waals surface area (Å²) in [6.45, 7) is 4.55. The van der Waals surface area contributed by atoms with Gasteiger partial charge in [0.05, 0.1) is 19.8 Å². The molecule has 0 saturated carbocycles. The van der Waals surface area contributed by atoms with Crippen molar-refractivity contribution in [2.45, 2.75) is 109 Å². The second-order valence-corrected chi connectivity index (χ2v) is 9.77. The molecule has 0 aliphatic carbocycles. The monoisotopic (exact) mass is 507 g/mol. The zero-order chi connectivity index (χ0) is 25.8. The van der Waals surface area contributed by atoms with Crippen molar-refractivity contribution in [3.8, 4) is 5.75 Å². The lowest BCUT2D eigenvalue weighted by Crippen LogP contribution is -2.38. The van der Waals surface area contributed by atoms with Gasteiger partial charge in [0.25, 0.3) is 0 Å². The third-order valence-electron chi connectivity index (χ3n) is 6.65. The van der Waals surface area contributed by atoms with Crippen molar-refractivity contribution in [3.63, 3.8) is 0 Å². The molecule has 0 aromatic heterocycles. The molecule has 1 fully saturated rings. The molecule has 1 aliphatic heterocycles. The van der Waals surface area contributed by atoms with Crippen LogP contribution >= 0.6 is 0 Å². The third kappa shape index (κ3) is 13.6. The Labute approximate surface area is 218 Å². The van der Waals surface area contributed by atoms with E-state index in [2.05, 4.69) is 18.3 Å². The molecule has 7 nitrogen and oxygen atoms in total. The Balaban J connectivity index is 1.70. The van der Waals surface area contributed by atoms with Gasteiger partial charge in [0, 0.05) is 19.1 Å². The Hall–Kier alpha value is -1.67. The van der Waals surface area contributed by atoms with Gasteiger partial charge < -0.3 is 29.4 Å². The van der Waals surface area contributed by atoms with Crippen LogP contribution in [0.1, 0.15) is 89.5 Å². The van der Waals surface area contributed by atoms with Crippen LogP contribution in [0.5, 0.6) is 5.75 Å². The van der Waals surface area contributed by atoms with Gasteiger partial charge in [0.2, 0.25) is 0 Å². The standard InChI is InChI=1S/C29H49NO6/c1-3-4-13-24-14-9-10-16-27(24)35-23-26(31)19-20-30-25(22-36-29-18-11-12-21-34-29)15-7-5-6-8-17-28(32)33-2/h9-10,14,16,25-26,29-31H,3-8,11-13,15,17-23H2,1-2H3. The second-order valence-electron chi connectivity index (χ2n) is 9.77. The van der Waals surface area contributed by atoms with Crippen molar-refractivity contribution >= 4 is 5.97 Å². The van der Waals surface area contributed by atoms with Gasteiger partial charge in [0.15, 0.2) is 6.29 Å². The number of esters is 1. The number of aliphatic hydroxyl groups is 1. The summed E-state index contributed by atoms with van der Waals surface area (Å²) in [4.78, 5) is 11.3. The molecule has 1 aliphatic rings. The van der Waals surface area contributed by atoms with E-state index in [-0.39, 0.29) is 18.3 Å². The number of aliphatic hydroxyl groups excluding tert-OH is 1. The highest BCUT2D eigenvalue weighted by atomic mass is 16.7. The number of hydrogen-bond donors (Lipinski definition) is 2. The first kappa shape index (κ1) is 30.6. The number of unbranched alkanes of at least 4 members (excludes halogenated alkanes) is 4. The summed E-state index contributed by atoms with van der Waals surface area (Å²) >= 11 is 0. The molecule has 2 N–H and O–H groups in total. The lowest BCUT2D eigenvalue weighted by molar-refractivity contribution is -0.166. The van der Waals surface area contributed by atoms with Crippen LogP contribution in [0.25, 0.3) is 0 Å². The van der Waals surface area contributed by atoms with Crippen molar-refractivity contribution in [2.75, 3.05) is 33.5 Å². The van der Waals surface area contributed by atoms with E-state index >= 15 is 0 Å². The van der Waals surface area contributed by atoms with Gasteiger partial charge in [-0.05, 0) is 69.5 Å². The summed E-state index contributed by atoms with van der Waals surface area (Å²) < 4.78 is 22.4. The van der Waals surface area contributed by atoms with Crippen molar-refractivity contribution in [1.82, 2.24) is 5.32 Å². The van der Waals surface area contributed by atoms with E-state index in [1.807, 2.05) is 18.2 Å². The minimum atomic E-state index is -0.529. The van der Waals surface area contributed by atoms with Crippen molar-refractivity contribution in [2.24, 2.45) is 0 Å². The van der Waals surface area contributed by atoms with Gasteiger partial charge in [-0.2, -0.15) is 0 Å². The summed E-state index contributed by atoms with van der Waals surface area (Å²) in [6, 6.07) is 8.32. The number of rotatable bonds is 20. The van der Waals surface area contributed by atoms with E-state index in [0.717, 1.165) is 83.0 Å². The molecule has 0 amide bonds. The lowest BCUT2D eigenvalue weighted by Gasteiger charge is -2.26. The summed E-state index contributed by atoms with van der Waals surface area (Å²) in [5, 5.41) is 14.1. The second kappa shape index (κ2) is 19.4. The summed E-state index contributed by atoms with van der Waals surface area (Å²) in [5.41, 5.74) is 1.21. The molecule has 3 unspecified atom stereocenters. The first-order chi connectivity index (χ1) is 17.6. The van der Waals surface area contributed by atoms with Crippen LogP contribution in [0.4, 0.5) is 0 Å². The Bertz CT molecular complexity index is 694. The van der Waals surface area contributed by atoms with Crippen molar-refractivity contribution in [3.05, 3.63) is 29.8 Å². The average Bonchev–Trinajstić information content (AvgIpc) is 2.91. The van der Waals surface area contributed by atoms with Gasteiger partial charge >= 0.3 is 5.97 Å². The Morgan fingerprint density at radius 1 is 1.11 bits per heavy atom. The van der Waals surface area contributed by atoms with E-state index in [1.165, 1.54) is 12.7 Å². The molecular formula is C29H49NO6. The number of ether oxygens (including phenoxy) is 4. The molecule has 1 aromatic rings. The Morgan fingerprint density at radius 2 is 1.94 bits per heavy atom. The molecule has 0 radical (unpaired) electrons. The number of benzene rings is 1. The summed E-state index contributed by atoms with van der Waals surface area (Å²) in [6.07, 6.45) is 12.0. The van der Waals surface area contributed by atoms with E-state index in [4.69, 9.17) is 18.9 Å². The number of methoxy groups -OCH3 is 1. The molecule has 206 valence electrons. The smallest absolute Gasteiger partial charge is 0.305 e. The number of hydrogen-bond acceptors (Lipinski definition) is 7. The highest BCUT2D eigenvalue weighted by Gasteiger charge is 2.17. The van der Waals surface area contributed by atoms with Crippen LogP contribution in [0.2, 0.25) is 0 Å². The fourth-order valence-electron chi connectivity index (χ4n) is 4.37. The maximum Gasteiger partial charge on any atom is 0.305 e.